The molecule has 0 fully saturated rings. The molecular formula is C16H20N4. The summed E-state index contributed by atoms with van der Waals surface area (Å²) in [5.74, 6) is 0. The fraction of sp³-hybridized carbons (Fsp3) is 0.312. The van der Waals surface area contributed by atoms with E-state index in [2.05, 4.69) is 33.6 Å². The molecule has 1 aromatic heterocycles. The number of fused-ring (bicyclic) bond motifs is 1. The first-order chi connectivity index (χ1) is 9.79. The van der Waals surface area contributed by atoms with Crippen LogP contribution in [0, 0.1) is 0 Å². The van der Waals surface area contributed by atoms with Crippen LogP contribution in [-0.2, 0) is 6.42 Å². The Labute approximate surface area is 119 Å². The van der Waals surface area contributed by atoms with Gasteiger partial charge in [0.15, 0.2) is 0 Å². The Balaban J connectivity index is 1.93. The van der Waals surface area contributed by atoms with Gasteiger partial charge < -0.3 is 15.6 Å². The van der Waals surface area contributed by atoms with Crippen molar-refractivity contribution in [1.82, 2.24) is 9.55 Å². The van der Waals surface area contributed by atoms with Crippen LogP contribution in [0.5, 0.6) is 0 Å². The predicted octanol–water partition coefficient (Wildman–Crippen LogP) is 2.99. The number of imidazole rings is 1. The zero-order chi connectivity index (χ0) is 13.9. The molecule has 0 spiro atoms. The molecule has 0 saturated heterocycles. The summed E-state index contributed by atoms with van der Waals surface area (Å²) in [5.41, 5.74) is 10.4. The van der Waals surface area contributed by atoms with Crippen molar-refractivity contribution in [3.05, 3.63) is 54.6 Å². The molecule has 20 heavy (non-hydrogen) atoms. The minimum absolute atomic E-state index is 0.367. The van der Waals surface area contributed by atoms with E-state index in [4.69, 9.17) is 5.73 Å². The fourth-order valence-corrected chi connectivity index (χ4v) is 2.87. The quantitative estimate of drug-likeness (QED) is 0.662. The molecule has 2 aromatic rings. The first-order valence-corrected chi connectivity index (χ1v) is 7.04. The molecule has 0 aliphatic carbocycles. The number of nitrogens with one attached hydrogen (secondary N) is 1. The molecule has 2 heterocycles. The lowest BCUT2D eigenvalue weighted by atomic mass is 9.95. The zero-order valence-electron chi connectivity index (χ0n) is 11.5. The lowest BCUT2D eigenvalue weighted by molar-refractivity contribution is 0.458. The van der Waals surface area contributed by atoms with Crippen LogP contribution in [0.15, 0.2) is 43.4 Å². The number of aromatic nitrogens is 2. The monoisotopic (exact) mass is 268 g/mol. The summed E-state index contributed by atoms with van der Waals surface area (Å²) >= 11 is 0. The second-order valence-corrected chi connectivity index (χ2v) is 5.22. The van der Waals surface area contributed by atoms with Crippen molar-refractivity contribution in [2.24, 2.45) is 0 Å². The number of anilines is 2. The van der Waals surface area contributed by atoms with Gasteiger partial charge in [0.2, 0.25) is 0 Å². The second-order valence-electron chi connectivity index (χ2n) is 5.22. The molecular weight excluding hydrogens is 248 g/mol. The summed E-state index contributed by atoms with van der Waals surface area (Å²) in [7, 11) is 0. The van der Waals surface area contributed by atoms with Crippen molar-refractivity contribution in [3.63, 3.8) is 0 Å². The lowest BCUT2D eigenvalue weighted by Crippen LogP contribution is -2.18. The summed E-state index contributed by atoms with van der Waals surface area (Å²) in [6, 6.07) is 6.62. The van der Waals surface area contributed by atoms with E-state index in [1.807, 2.05) is 24.7 Å². The van der Waals surface area contributed by atoms with Crippen LogP contribution in [0.1, 0.15) is 30.1 Å². The number of benzene rings is 1. The van der Waals surface area contributed by atoms with Crippen LogP contribution < -0.4 is 11.1 Å². The average Bonchev–Trinajstić information content (AvgIpc) is 2.95. The van der Waals surface area contributed by atoms with Gasteiger partial charge in [0, 0.05) is 18.4 Å². The largest absolute Gasteiger partial charge is 0.397 e. The maximum Gasteiger partial charge on any atom is 0.0953 e. The van der Waals surface area contributed by atoms with Crippen LogP contribution in [0.2, 0.25) is 0 Å². The Bertz CT molecular complexity index is 615. The average molecular weight is 268 g/mol. The number of aryl methyl sites for hydroxylation is 1. The van der Waals surface area contributed by atoms with E-state index in [9.17, 15) is 0 Å². The van der Waals surface area contributed by atoms with Gasteiger partial charge in [-0.15, -0.1) is 6.58 Å². The molecule has 0 saturated carbocycles. The van der Waals surface area contributed by atoms with Crippen molar-refractivity contribution < 1.29 is 0 Å². The highest BCUT2D eigenvalue weighted by molar-refractivity contribution is 5.67. The molecule has 4 nitrogen and oxygen atoms in total. The molecule has 1 aliphatic rings. The van der Waals surface area contributed by atoms with Gasteiger partial charge >= 0.3 is 0 Å². The zero-order valence-corrected chi connectivity index (χ0v) is 11.5. The summed E-state index contributed by atoms with van der Waals surface area (Å²) in [6.45, 7) is 4.44. The van der Waals surface area contributed by atoms with E-state index in [1.165, 1.54) is 17.7 Å². The van der Waals surface area contributed by atoms with Crippen molar-refractivity contribution in [2.45, 2.75) is 25.3 Å². The van der Waals surface area contributed by atoms with Crippen LogP contribution in [0.4, 0.5) is 11.4 Å². The highest BCUT2D eigenvalue weighted by Gasteiger charge is 2.21. The minimum atomic E-state index is 0.367. The van der Waals surface area contributed by atoms with Crippen molar-refractivity contribution in [1.29, 1.82) is 0 Å². The van der Waals surface area contributed by atoms with Crippen molar-refractivity contribution >= 4 is 11.4 Å². The van der Waals surface area contributed by atoms with Gasteiger partial charge in [0.05, 0.1) is 23.7 Å². The highest BCUT2D eigenvalue weighted by Crippen LogP contribution is 2.33. The Morgan fingerprint density at radius 1 is 1.50 bits per heavy atom. The molecule has 3 rings (SSSR count). The first-order valence-electron chi connectivity index (χ1n) is 7.04. The third-order valence-electron chi connectivity index (χ3n) is 3.89. The maximum atomic E-state index is 6.02. The summed E-state index contributed by atoms with van der Waals surface area (Å²) in [6.07, 6.45) is 9.21. The molecule has 1 atom stereocenters. The number of nitrogens with zero attached hydrogens (tertiary/aromatic N) is 2. The molecule has 1 aromatic carbocycles. The van der Waals surface area contributed by atoms with Crippen LogP contribution in [0.3, 0.4) is 0 Å². The smallest absolute Gasteiger partial charge is 0.0953 e. The normalized spacial score (nSPS) is 17.5. The topological polar surface area (TPSA) is 55.9 Å². The Morgan fingerprint density at radius 3 is 3.25 bits per heavy atom. The van der Waals surface area contributed by atoms with E-state index < -0.39 is 0 Å². The molecule has 1 unspecified atom stereocenters. The predicted molar refractivity (Wildman–Crippen MR) is 82.8 cm³/mol. The van der Waals surface area contributed by atoms with Gasteiger partial charge in [-0.3, -0.25) is 0 Å². The lowest BCUT2D eigenvalue weighted by Gasteiger charge is -2.26. The van der Waals surface area contributed by atoms with Gasteiger partial charge in [-0.05, 0) is 37.0 Å². The van der Waals surface area contributed by atoms with Crippen molar-refractivity contribution in [2.75, 3.05) is 17.6 Å². The Morgan fingerprint density at radius 2 is 2.40 bits per heavy atom. The number of nitrogens with two attached hydrogens (primary N) is 1. The summed E-state index contributed by atoms with van der Waals surface area (Å²) in [4.78, 5) is 4.28. The molecule has 0 radical (unpaired) electrons. The van der Waals surface area contributed by atoms with E-state index in [-0.39, 0.29) is 0 Å². The van der Waals surface area contributed by atoms with E-state index >= 15 is 0 Å². The number of hydrogen-bond acceptors (Lipinski definition) is 3. The third-order valence-corrected chi connectivity index (χ3v) is 3.89. The van der Waals surface area contributed by atoms with Gasteiger partial charge in [-0.2, -0.15) is 0 Å². The molecule has 4 heteroatoms. The summed E-state index contributed by atoms with van der Waals surface area (Å²) < 4.78 is 2.28. The molecule has 104 valence electrons. The first kappa shape index (κ1) is 12.8. The maximum absolute atomic E-state index is 6.02. The summed E-state index contributed by atoms with van der Waals surface area (Å²) in [5, 5.41) is 3.29. The number of hydrogen-bond donors (Lipinski definition) is 2. The standard InChI is InChI=1S/C16H20N4/c1-2-8-19-15-9-12(6-7-14(15)17)16-5-3-4-13-10-18-11-20(13)16/h2,6-7,9-11,16,19H,1,3-5,8,17H2. The van der Waals surface area contributed by atoms with Gasteiger partial charge in [0.1, 0.15) is 0 Å². The minimum Gasteiger partial charge on any atom is -0.397 e. The number of nitrogen functional groups attached to an aromatic ring is 1. The van der Waals surface area contributed by atoms with Crippen LogP contribution in [-0.4, -0.2) is 16.1 Å². The Hall–Kier alpha value is -2.23. The molecule has 3 N–H and O–H groups in total. The molecule has 0 bridgehead atoms. The number of rotatable bonds is 4. The molecule has 0 amide bonds. The van der Waals surface area contributed by atoms with Gasteiger partial charge in [-0.25, -0.2) is 4.98 Å². The van der Waals surface area contributed by atoms with Crippen LogP contribution >= 0.6 is 0 Å². The van der Waals surface area contributed by atoms with Crippen molar-refractivity contribution in [3.8, 4) is 0 Å². The second kappa shape index (κ2) is 5.41. The third kappa shape index (κ3) is 2.29. The van der Waals surface area contributed by atoms with E-state index in [0.717, 1.165) is 24.2 Å². The highest BCUT2D eigenvalue weighted by atomic mass is 15.1. The van der Waals surface area contributed by atoms with Gasteiger partial charge in [-0.1, -0.05) is 12.1 Å². The SMILES string of the molecule is C=CCNc1cc(C2CCCc3cncn32)ccc1N. The van der Waals surface area contributed by atoms with E-state index in [1.54, 1.807) is 0 Å². The van der Waals surface area contributed by atoms with Crippen LogP contribution in [0.25, 0.3) is 0 Å². The Kier molecular flexibility index (Phi) is 3.46. The van der Waals surface area contributed by atoms with Gasteiger partial charge in [0.25, 0.3) is 0 Å². The fourth-order valence-electron chi connectivity index (χ4n) is 2.87. The molecule has 1 aliphatic heterocycles. The van der Waals surface area contributed by atoms with E-state index in [0.29, 0.717) is 12.6 Å².